The van der Waals surface area contributed by atoms with Crippen molar-refractivity contribution in [3.05, 3.63) is 18.6 Å². The van der Waals surface area contributed by atoms with Crippen LogP contribution >= 0.6 is 11.8 Å². The quantitative estimate of drug-likeness (QED) is 0.658. The van der Waals surface area contributed by atoms with Gasteiger partial charge >= 0.3 is 0 Å². The molecule has 0 saturated carbocycles. The monoisotopic (exact) mass is 307 g/mol. The van der Waals surface area contributed by atoms with Crippen molar-refractivity contribution >= 4 is 29.0 Å². The summed E-state index contributed by atoms with van der Waals surface area (Å²) in [4.78, 5) is 8.97. The average molecular weight is 307 g/mol. The lowest BCUT2D eigenvalue weighted by Gasteiger charge is -2.10. The maximum Gasteiger partial charge on any atom is 0.180 e. The molecule has 5 nitrogen and oxygen atoms in total. The summed E-state index contributed by atoms with van der Waals surface area (Å²) in [6.45, 7) is 3.88. The first-order chi connectivity index (χ1) is 10.3. The number of nitrogens with zero attached hydrogens (tertiary/aromatic N) is 3. The van der Waals surface area contributed by atoms with Gasteiger partial charge in [-0.1, -0.05) is 12.8 Å². The van der Waals surface area contributed by atoms with Crippen LogP contribution in [0.15, 0.2) is 18.6 Å². The first kappa shape index (κ1) is 15.9. The molecule has 0 aliphatic carbocycles. The number of rotatable bonds is 10. The van der Waals surface area contributed by atoms with Gasteiger partial charge in [-0.3, -0.25) is 0 Å². The smallest absolute Gasteiger partial charge is 0.180 e. The zero-order chi connectivity index (χ0) is 14.9. The number of imidazole rings is 1. The van der Waals surface area contributed by atoms with Gasteiger partial charge in [-0.25, -0.2) is 9.97 Å². The van der Waals surface area contributed by atoms with Crippen molar-refractivity contribution in [3.63, 3.8) is 0 Å². The molecule has 0 fully saturated rings. The Morgan fingerprint density at radius 2 is 2.05 bits per heavy atom. The van der Waals surface area contributed by atoms with Crippen LogP contribution in [-0.2, 0) is 0 Å². The lowest BCUT2D eigenvalue weighted by Crippen LogP contribution is -2.08. The summed E-state index contributed by atoms with van der Waals surface area (Å²) >= 11 is 1.93. The second kappa shape index (κ2) is 8.77. The van der Waals surface area contributed by atoms with Crippen LogP contribution in [0, 0.1) is 0 Å². The number of thioether (sulfide) groups is 1. The first-order valence-corrected chi connectivity index (χ1v) is 9.05. The maximum atomic E-state index is 4.60. The molecule has 2 N–H and O–H groups in total. The highest BCUT2D eigenvalue weighted by molar-refractivity contribution is 7.98. The van der Waals surface area contributed by atoms with E-state index in [0.717, 1.165) is 30.4 Å². The van der Waals surface area contributed by atoms with Gasteiger partial charge < -0.3 is 15.0 Å². The van der Waals surface area contributed by atoms with E-state index in [-0.39, 0.29) is 0 Å². The molecule has 21 heavy (non-hydrogen) atoms. The number of nitrogens with one attached hydrogen (secondary N) is 2. The molecule has 0 unspecified atom stereocenters. The minimum absolute atomic E-state index is 0.863. The Hall–Kier alpha value is -1.43. The van der Waals surface area contributed by atoms with Gasteiger partial charge in [-0.05, 0) is 31.8 Å². The molecular weight excluding hydrogens is 282 g/mol. The summed E-state index contributed by atoms with van der Waals surface area (Å²) in [6.07, 6.45) is 13.0. The summed E-state index contributed by atoms with van der Waals surface area (Å²) in [5.74, 6) is 3.02. The fraction of sp³-hybridized carbons (Fsp3) is 0.600. The second-order valence-corrected chi connectivity index (χ2v) is 5.98. The van der Waals surface area contributed by atoms with Gasteiger partial charge in [0, 0.05) is 25.5 Å². The van der Waals surface area contributed by atoms with Crippen LogP contribution in [0.5, 0.6) is 0 Å². The van der Waals surface area contributed by atoms with Gasteiger partial charge in [0.25, 0.3) is 0 Å². The number of fused-ring (bicyclic) bond motifs is 1. The van der Waals surface area contributed by atoms with Gasteiger partial charge in [-0.15, -0.1) is 0 Å². The van der Waals surface area contributed by atoms with Crippen molar-refractivity contribution in [2.24, 2.45) is 0 Å². The molecule has 6 heteroatoms. The van der Waals surface area contributed by atoms with E-state index in [1.165, 1.54) is 31.4 Å². The molecular formula is C15H25N5S. The van der Waals surface area contributed by atoms with Crippen LogP contribution in [0.1, 0.15) is 32.6 Å². The van der Waals surface area contributed by atoms with E-state index in [4.69, 9.17) is 0 Å². The number of aromatic nitrogens is 3. The zero-order valence-electron chi connectivity index (χ0n) is 12.9. The van der Waals surface area contributed by atoms with Crippen LogP contribution in [-0.4, -0.2) is 39.5 Å². The third-order valence-electron chi connectivity index (χ3n) is 3.30. The lowest BCUT2D eigenvalue weighted by atomic mass is 10.2. The van der Waals surface area contributed by atoms with E-state index in [2.05, 4.69) is 33.8 Å². The van der Waals surface area contributed by atoms with Crippen molar-refractivity contribution in [1.82, 2.24) is 14.4 Å². The van der Waals surface area contributed by atoms with Crippen molar-refractivity contribution in [2.75, 3.05) is 35.7 Å². The molecule has 2 heterocycles. The Kier molecular flexibility index (Phi) is 6.66. The van der Waals surface area contributed by atoms with E-state index >= 15 is 0 Å². The molecule has 0 aliphatic rings. The number of anilines is 2. The largest absolute Gasteiger partial charge is 0.369 e. The van der Waals surface area contributed by atoms with Gasteiger partial charge in [-0.2, -0.15) is 11.8 Å². The van der Waals surface area contributed by atoms with Crippen LogP contribution in [0.4, 0.5) is 11.6 Å². The molecule has 0 bridgehead atoms. The summed E-state index contributed by atoms with van der Waals surface area (Å²) in [6, 6.07) is 0. The first-order valence-electron chi connectivity index (χ1n) is 7.65. The standard InChI is InChI=1S/C15H25N5S/c1-3-16-13-12-20-10-9-18-15(20)14(19-13)17-8-6-4-5-7-11-21-2/h9-10,12,16H,3-8,11H2,1-2H3,(H,17,19). The second-order valence-electron chi connectivity index (χ2n) is 5.00. The molecule has 0 atom stereocenters. The summed E-state index contributed by atoms with van der Waals surface area (Å²) in [5.41, 5.74) is 0.888. The Morgan fingerprint density at radius 3 is 2.86 bits per heavy atom. The summed E-state index contributed by atoms with van der Waals surface area (Å²) < 4.78 is 2.01. The van der Waals surface area contributed by atoms with Crippen molar-refractivity contribution in [1.29, 1.82) is 0 Å². The normalized spacial score (nSPS) is 11.0. The van der Waals surface area contributed by atoms with Crippen LogP contribution in [0.2, 0.25) is 0 Å². The van der Waals surface area contributed by atoms with Crippen LogP contribution in [0.3, 0.4) is 0 Å². The van der Waals surface area contributed by atoms with Gasteiger partial charge in [0.05, 0.1) is 6.20 Å². The predicted molar refractivity (Wildman–Crippen MR) is 92.5 cm³/mol. The molecule has 2 rings (SSSR count). The number of unbranched alkanes of at least 4 members (excludes halogenated alkanes) is 3. The summed E-state index contributed by atoms with van der Waals surface area (Å²) in [5, 5.41) is 6.68. The minimum Gasteiger partial charge on any atom is -0.369 e. The Labute approximate surface area is 130 Å². The number of hydrogen-bond acceptors (Lipinski definition) is 5. The third kappa shape index (κ3) is 4.81. The molecule has 2 aromatic heterocycles. The highest BCUT2D eigenvalue weighted by Gasteiger charge is 2.06. The van der Waals surface area contributed by atoms with E-state index in [0.29, 0.717) is 0 Å². The SMILES string of the molecule is CCNc1cn2ccnc2c(NCCCCCCSC)n1. The lowest BCUT2D eigenvalue weighted by molar-refractivity contribution is 0.688. The Balaban J connectivity index is 1.87. The topological polar surface area (TPSA) is 54.2 Å². The fourth-order valence-corrected chi connectivity index (χ4v) is 2.74. The molecule has 0 radical (unpaired) electrons. The molecule has 0 spiro atoms. The van der Waals surface area contributed by atoms with Crippen molar-refractivity contribution in [2.45, 2.75) is 32.6 Å². The molecule has 0 aromatic carbocycles. The van der Waals surface area contributed by atoms with Crippen molar-refractivity contribution in [3.8, 4) is 0 Å². The van der Waals surface area contributed by atoms with Crippen LogP contribution < -0.4 is 10.6 Å². The highest BCUT2D eigenvalue weighted by atomic mass is 32.2. The zero-order valence-corrected chi connectivity index (χ0v) is 13.7. The minimum atomic E-state index is 0.863. The third-order valence-corrected chi connectivity index (χ3v) is 4.00. The molecule has 2 aromatic rings. The molecule has 116 valence electrons. The van der Waals surface area contributed by atoms with E-state index in [9.17, 15) is 0 Å². The van der Waals surface area contributed by atoms with E-state index < -0.39 is 0 Å². The Morgan fingerprint density at radius 1 is 1.19 bits per heavy atom. The van der Waals surface area contributed by atoms with E-state index in [1.807, 2.05) is 28.6 Å². The maximum absolute atomic E-state index is 4.60. The molecule has 0 saturated heterocycles. The molecule has 0 amide bonds. The average Bonchev–Trinajstić information content (AvgIpc) is 2.95. The number of hydrogen-bond donors (Lipinski definition) is 2. The van der Waals surface area contributed by atoms with Gasteiger partial charge in [0.15, 0.2) is 11.5 Å². The van der Waals surface area contributed by atoms with E-state index in [1.54, 1.807) is 6.20 Å². The predicted octanol–water partition coefficient (Wildman–Crippen LogP) is 3.50. The Bertz CT molecular complexity index is 540. The van der Waals surface area contributed by atoms with Crippen molar-refractivity contribution < 1.29 is 0 Å². The van der Waals surface area contributed by atoms with Crippen LogP contribution in [0.25, 0.3) is 5.65 Å². The fourth-order valence-electron chi connectivity index (χ4n) is 2.25. The summed E-state index contributed by atoms with van der Waals surface area (Å²) in [7, 11) is 0. The van der Waals surface area contributed by atoms with Gasteiger partial charge in [0.2, 0.25) is 0 Å². The van der Waals surface area contributed by atoms with Gasteiger partial charge in [0.1, 0.15) is 5.82 Å². The highest BCUT2D eigenvalue weighted by Crippen LogP contribution is 2.16. The molecule has 0 aliphatic heterocycles.